The second-order valence-corrected chi connectivity index (χ2v) is 7.93. The van der Waals surface area contributed by atoms with E-state index in [0.717, 1.165) is 30.4 Å². The van der Waals surface area contributed by atoms with E-state index >= 15 is 0 Å². The molecule has 0 radical (unpaired) electrons. The van der Waals surface area contributed by atoms with Gasteiger partial charge in [-0.2, -0.15) is 4.98 Å². The number of rotatable bonds is 6. The average Bonchev–Trinajstić information content (AvgIpc) is 3.05. The van der Waals surface area contributed by atoms with E-state index in [1.54, 1.807) is 0 Å². The summed E-state index contributed by atoms with van der Waals surface area (Å²) >= 11 is 0. The largest absolute Gasteiger partial charge is 0.357 e. The van der Waals surface area contributed by atoms with Crippen LogP contribution in [0.5, 0.6) is 0 Å². The minimum Gasteiger partial charge on any atom is -0.357 e. The molecule has 2 fully saturated rings. The summed E-state index contributed by atoms with van der Waals surface area (Å²) < 4.78 is 5.30. The van der Waals surface area contributed by atoms with Gasteiger partial charge < -0.3 is 20.1 Å². The molecule has 2 unspecified atom stereocenters. The average molecular weight is 490 g/mol. The van der Waals surface area contributed by atoms with Crippen LogP contribution in [0.2, 0.25) is 0 Å². The maximum absolute atomic E-state index is 5.30. The normalized spacial score (nSPS) is 26.0. The van der Waals surface area contributed by atoms with E-state index < -0.39 is 0 Å². The van der Waals surface area contributed by atoms with Crippen molar-refractivity contribution < 1.29 is 4.52 Å². The van der Waals surface area contributed by atoms with Crippen molar-refractivity contribution in [3.8, 4) is 0 Å². The molecule has 0 spiro atoms. The Balaban J connectivity index is 0.00000261. The first-order valence-corrected chi connectivity index (χ1v) is 10.2. The van der Waals surface area contributed by atoms with Gasteiger partial charge in [0.25, 0.3) is 0 Å². The van der Waals surface area contributed by atoms with Crippen molar-refractivity contribution in [3.63, 3.8) is 0 Å². The van der Waals surface area contributed by atoms with E-state index in [0.29, 0.717) is 30.8 Å². The number of aliphatic imine (C=N–C) groups is 1. The minimum atomic E-state index is 0. The second kappa shape index (κ2) is 10.6. The lowest BCUT2D eigenvalue weighted by Gasteiger charge is -2.47. The van der Waals surface area contributed by atoms with Crippen LogP contribution >= 0.6 is 24.0 Å². The zero-order chi connectivity index (χ0) is 18.5. The van der Waals surface area contributed by atoms with Gasteiger partial charge in [0.1, 0.15) is 0 Å². The number of halogens is 1. The molecule has 0 amide bonds. The summed E-state index contributed by atoms with van der Waals surface area (Å²) in [6, 6.07) is 1.95. The highest BCUT2D eigenvalue weighted by Gasteiger charge is 2.36. The number of hydrogen-bond acceptors (Lipinski definition) is 5. The van der Waals surface area contributed by atoms with Crippen LogP contribution in [-0.2, 0) is 6.42 Å². The van der Waals surface area contributed by atoms with Crippen LogP contribution in [0.1, 0.15) is 70.5 Å². The number of piperidine rings is 2. The summed E-state index contributed by atoms with van der Waals surface area (Å²) in [7, 11) is 2.29. The molecule has 3 heterocycles. The van der Waals surface area contributed by atoms with Crippen LogP contribution in [0, 0.1) is 0 Å². The molecular formula is C19H35IN6O. The number of nitrogens with one attached hydrogen (secondary N) is 2. The molecule has 3 rings (SSSR count). The maximum Gasteiger partial charge on any atom is 0.228 e. The summed E-state index contributed by atoms with van der Waals surface area (Å²) in [5.74, 6) is 2.64. The summed E-state index contributed by atoms with van der Waals surface area (Å²) in [6.45, 7) is 7.75. The van der Waals surface area contributed by atoms with Gasteiger partial charge in [-0.25, -0.2) is 0 Å². The van der Waals surface area contributed by atoms with Crippen molar-refractivity contribution >= 4 is 29.9 Å². The van der Waals surface area contributed by atoms with E-state index in [-0.39, 0.29) is 24.0 Å². The van der Waals surface area contributed by atoms with Gasteiger partial charge in [-0.05, 0) is 39.7 Å². The van der Waals surface area contributed by atoms with Crippen LogP contribution in [0.15, 0.2) is 9.52 Å². The Morgan fingerprint density at radius 2 is 2.00 bits per heavy atom. The van der Waals surface area contributed by atoms with Crippen molar-refractivity contribution in [3.05, 3.63) is 11.7 Å². The number of nitrogens with zero attached hydrogens (tertiary/aromatic N) is 4. The molecule has 2 atom stereocenters. The van der Waals surface area contributed by atoms with E-state index in [1.165, 1.54) is 32.1 Å². The second-order valence-electron chi connectivity index (χ2n) is 7.93. The third kappa shape index (κ3) is 6.04. The zero-order valence-electron chi connectivity index (χ0n) is 17.1. The van der Waals surface area contributed by atoms with Gasteiger partial charge in [0.15, 0.2) is 11.8 Å². The first-order chi connectivity index (χ1) is 12.6. The van der Waals surface area contributed by atoms with Crippen LogP contribution in [-0.4, -0.2) is 59.3 Å². The van der Waals surface area contributed by atoms with E-state index in [2.05, 4.69) is 53.5 Å². The number of aromatic nitrogens is 2. The van der Waals surface area contributed by atoms with Crippen molar-refractivity contribution in [2.75, 3.05) is 20.1 Å². The van der Waals surface area contributed by atoms with Gasteiger partial charge in [-0.1, -0.05) is 25.4 Å². The lowest BCUT2D eigenvalue weighted by atomic mass is 9.82. The summed E-state index contributed by atoms with van der Waals surface area (Å²) in [6.07, 6.45) is 7.12. The molecular weight excluding hydrogens is 455 g/mol. The lowest BCUT2D eigenvalue weighted by Crippen LogP contribution is -2.56. The highest BCUT2D eigenvalue weighted by Crippen LogP contribution is 2.32. The van der Waals surface area contributed by atoms with Crippen LogP contribution in [0.3, 0.4) is 0 Å². The van der Waals surface area contributed by atoms with E-state index in [4.69, 9.17) is 9.52 Å². The van der Waals surface area contributed by atoms with Gasteiger partial charge in [0, 0.05) is 37.0 Å². The molecule has 0 saturated carbocycles. The molecule has 2 aliphatic rings. The Hall–Kier alpha value is -0.900. The van der Waals surface area contributed by atoms with Gasteiger partial charge in [0.2, 0.25) is 5.89 Å². The first-order valence-electron chi connectivity index (χ1n) is 10.2. The highest BCUT2D eigenvalue weighted by atomic mass is 127. The standard InChI is InChI=1S/C19H34N6O.HI/c1-5-20-19(21-10-9-17-23-18(13(2)3)24-26-17)22-14-11-15-7-6-8-16(12-14)25(15)4;/h13-16H,5-12H2,1-4H3,(H2,20,21,22);1H. The minimum absolute atomic E-state index is 0. The lowest BCUT2D eigenvalue weighted by molar-refractivity contribution is 0.0526. The third-order valence-corrected chi connectivity index (χ3v) is 5.62. The van der Waals surface area contributed by atoms with Crippen LogP contribution in [0.4, 0.5) is 0 Å². The van der Waals surface area contributed by atoms with Gasteiger partial charge in [0.05, 0.1) is 6.54 Å². The van der Waals surface area contributed by atoms with Crippen molar-refractivity contribution in [2.24, 2.45) is 4.99 Å². The van der Waals surface area contributed by atoms with Gasteiger partial charge in [-0.3, -0.25) is 4.99 Å². The van der Waals surface area contributed by atoms with Crippen molar-refractivity contribution in [1.82, 2.24) is 25.7 Å². The molecule has 2 saturated heterocycles. The smallest absolute Gasteiger partial charge is 0.228 e. The molecule has 2 N–H and O–H groups in total. The number of hydrogen-bond donors (Lipinski definition) is 2. The first kappa shape index (κ1) is 22.4. The predicted molar refractivity (Wildman–Crippen MR) is 119 cm³/mol. The molecule has 154 valence electrons. The SMILES string of the molecule is CCNC(=NCCc1nc(C(C)C)no1)NC1CC2CCCC(C1)N2C.I. The summed E-state index contributed by atoms with van der Waals surface area (Å²) in [5.41, 5.74) is 0. The number of fused-ring (bicyclic) bond motifs is 2. The van der Waals surface area contributed by atoms with Gasteiger partial charge in [-0.15, -0.1) is 24.0 Å². The summed E-state index contributed by atoms with van der Waals surface area (Å²) in [5, 5.41) is 11.0. The Labute approximate surface area is 180 Å². The van der Waals surface area contributed by atoms with Crippen molar-refractivity contribution in [1.29, 1.82) is 0 Å². The Kier molecular flexibility index (Phi) is 8.78. The number of guanidine groups is 1. The fourth-order valence-electron chi connectivity index (χ4n) is 4.11. The molecule has 2 bridgehead atoms. The quantitative estimate of drug-likeness (QED) is 0.363. The van der Waals surface area contributed by atoms with Crippen molar-refractivity contribution in [2.45, 2.75) is 83.3 Å². The molecule has 1 aromatic heterocycles. The van der Waals surface area contributed by atoms with E-state index in [9.17, 15) is 0 Å². The Bertz CT molecular complexity index is 591. The molecule has 27 heavy (non-hydrogen) atoms. The molecule has 0 aromatic carbocycles. The van der Waals surface area contributed by atoms with Crippen LogP contribution in [0.25, 0.3) is 0 Å². The Morgan fingerprint density at radius 3 is 2.59 bits per heavy atom. The molecule has 0 aliphatic carbocycles. The molecule has 2 aliphatic heterocycles. The topological polar surface area (TPSA) is 78.6 Å². The highest BCUT2D eigenvalue weighted by molar-refractivity contribution is 14.0. The zero-order valence-corrected chi connectivity index (χ0v) is 19.4. The fraction of sp³-hybridized carbons (Fsp3) is 0.842. The predicted octanol–water partition coefficient (Wildman–Crippen LogP) is 2.92. The third-order valence-electron chi connectivity index (χ3n) is 5.62. The fourth-order valence-corrected chi connectivity index (χ4v) is 4.11. The molecule has 7 nitrogen and oxygen atoms in total. The molecule has 1 aromatic rings. The maximum atomic E-state index is 5.30. The Morgan fingerprint density at radius 1 is 1.30 bits per heavy atom. The molecule has 8 heteroatoms. The van der Waals surface area contributed by atoms with Gasteiger partial charge >= 0.3 is 0 Å². The monoisotopic (exact) mass is 490 g/mol. The van der Waals surface area contributed by atoms with Crippen LogP contribution < -0.4 is 10.6 Å². The van der Waals surface area contributed by atoms with E-state index in [1.807, 2.05) is 0 Å². The summed E-state index contributed by atoms with van der Waals surface area (Å²) in [4.78, 5) is 11.7.